The van der Waals surface area contributed by atoms with E-state index in [-0.39, 0.29) is 0 Å². The summed E-state index contributed by atoms with van der Waals surface area (Å²) in [4.78, 5) is 4.60. The summed E-state index contributed by atoms with van der Waals surface area (Å²) >= 11 is 1.68. The first-order valence-corrected chi connectivity index (χ1v) is 8.38. The molecule has 0 saturated carbocycles. The molecule has 0 aliphatic rings. The van der Waals surface area contributed by atoms with Crippen molar-refractivity contribution >= 4 is 11.3 Å². The quantitative estimate of drug-likeness (QED) is 0.753. The van der Waals surface area contributed by atoms with Gasteiger partial charge in [0.2, 0.25) is 0 Å². The molecule has 2 N–H and O–H groups in total. The Labute approximate surface area is 131 Å². The fourth-order valence-electron chi connectivity index (χ4n) is 1.95. The van der Waals surface area contributed by atoms with E-state index in [0.717, 1.165) is 35.7 Å². The predicted octanol–water partition coefficient (Wildman–Crippen LogP) is 3.87. The minimum atomic E-state index is 0.649. The lowest BCUT2D eigenvalue weighted by Gasteiger charge is -2.07. The van der Waals surface area contributed by atoms with Crippen LogP contribution in [0.2, 0.25) is 0 Å². The van der Waals surface area contributed by atoms with Crippen LogP contribution in [0.1, 0.15) is 31.5 Å². The Balaban J connectivity index is 1.88. The molecule has 0 atom stereocenters. The number of nitrogens with zero attached hydrogens (tertiary/aromatic N) is 1. The number of ether oxygens (including phenoxy) is 1. The molecule has 114 valence electrons. The van der Waals surface area contributed by atoms with Gasteiger partial charge < -0.3 is 10.5 Å². The van der Waals surface area contributed by atoms with Gasteiger partial charge in [0.25, 0.3) is 0 Å². The molecule has 1 aromatic heterocycles. The molecule has 3 nitrogen and oxygen atoms in total. The molecule has 0 radical (unpaired) electrons. The van der Waals surface area contributed by atoms with E-state index in [1.54, 1.807) is 11.3 Å². The van der Waals surface area contributed by atoms with Crippen LogP contribution in [0.15, 0.2) is 29.6 Å². The minimum absolute atomic E-state index is 0.649. The normalized spacial score (nSPS) is 11.2. The summed E-state index contributed by atoms with van der Waals surface area (Å²) in [7, 11) is 0. The monoisotopic (exact) mass is 304 g/mol. The fraction of sp³-hybridized carbons (Fsp3) is 0.471. The molecule has 0 amide bonds. The third-order valence-corrected chi connectivity index (χ3v) is 4.20. The molecule has 0 saturated heterocycles. The van der Waals surface area contributed by atoms with Gasteiger partial charge in [0.1, 0.15) is 5.01 Å². The Kier molecular flexibility index (Phi) is 6.36. The molecule has 0 fully saturated rings. The molecule has 0 spiro atoms. The molecular formula is C17H24N2OS. The lowest BCUT2D eigenvalue weighted by atomic mass is 10.1. The van der Waals surface area contributed by atoms with Crippen LogP contribution in [0.4, 0.5) is 0 Å². The number of hydrogen-bond donors (Lipinski definition) is 1. The Morgan fingerprint density at radius 1 is 1.24 bits per heavy atom. The van der Waals surface area contributed by atoms with Crippen molar-refractivity contribution in [1.29, 1.82) is 0 Å². The van der Waals surface area contributed by atoms with E-state index >= 15 is 0 Å². The SMILES string of the molecule is CC(C)CCOCc1ccc(-c2nc(CCN)cs2)cc1. The molecule has 1 heterocycles. The molecule has 0 unspecified atom stereocenters. The topological polar surface area (TPSA) is 48.1 Å². The van der Waals surface area contributed by atoms with Gasteiger partial charge in [-0.1, -0.05) is 38.1 Å². The first kappa shape index (κ1) is 16.1. The highest BCUT2D eigenvalue weighted by Gasteiger charge is 2.04. The van der Waals surface area contributed by atoms with Gasteiger partial charge in [-0.25, -0.2) is 4.98 Å². The smallest absolute Gasteiger partial charge is 0.123 e. The standard InChI is InChI=1S/C17H24N2OS/c1-13(2)8-10-20-11-14-3-5-15(6-4-14)17-19-16(7-9-18)12-21-17/h3-6,12-13H,7-11,18H2,1-2H3. The Bertz CT molecular complexity index is 534. The number of hydrogen-bond acceptors (Lipinski definition) is 4. The summed E-state index contributed by atoms with van der Waals surface area (Å²) in [5, 5.41) is 3.15. The maximum Gasteiger partial charge on any atom is 0.123 e. The van der Waals surface area contributed by atoms with Crippen molar-refractivity contribution in [2.24, 2.45) is 11.7 Å². The molecule has 21 heavy (non-hydrogen) atoms. The van der Waals surface area contributed by atoms with Crippen LogP contribution in [-0.4, -0.2) is 18.1 Å². The first-order chi connectivity index (χ1) is 10.2. The summed E-state index contributed by atoms with van der Waals surface area (Å²) in [6, 6.07) is 8.47. The van der Waals surface area contributed by atoms with Crippen molar-refractivity contribution in [3.8, 4) is 10.6 Å². The average molecular weight is 304 g/mol. The van der Waals surface area contributed by atoms with Gasteiger partial charge in [0.05, 0.1) is 12.3 Å². The zero-order valence-electron chi connectivity index (χ0n) is 12.8. The van der Waals surface area contributed by atoms with Gasteiger partial charge in [-0.2, -0.15) is 0 Å². The van der Waals surface area contributed by atoms with E-state index in [1.807, 2.05) is 0 Å². The molecule has 0 bridgehead atoms. The molecule has 0 aliphatic carbocycles. The Morgan fingerprint density at radius 2 is 2.00 bits per heavy atom. The fourth-order valence-corrected chi connectivity index (χ4v) is 2.82. The van der Waals surface area contributed by atoms with Crippen LogP contribution < -0.4 is 5.73 Å². The second-order valence-electron chi connectivity index (χ2n) is 5.61. The maximum atomic E-state index is 5.69. The van der Waals surface area contributed by atoms with Crippen LogP contribution in [-0.2, 0) is 17.8 Å². The van der Waals surface area contributed by atoms with Crippen molar-refractivity contribution in [2.75, 3.05) is 13.2 Å². The van der Waals surface area contributed by atoms with Crippen molar-refractivity contribution in [2.45, 2.75) is 33.3 Å². The highest BCUT2D eigenvalue weighted by atomic mass is 32.1. The van der Waals surface area contributed by atoms with Crippen molar-refractivity contribution in [1.82, 2.24) is 4.98 Å². The average Bonchev–Trinajstić information content (AvgIpc) is 2.93. The van der Waals surface area contributed by atoms with Crippen LogP contribution in [0.25, 0.3) is 10.6 Å². The highest BCUT2D eigenvalue weighted by molar-refractivity contribution is 7.13. The second kappa shape index (κ2) is 8.27. The van der Waals surface area contributed by atoms with Crippen molar-refractivity contribution < 1.29 is 4.74 Å². The largest absolute Gasteiger partial charge is 0.377 e. The number of thiazole rings is 1. The van der Waals surface area contributed by atoms with Crippen molar-refractivity contribution in [3.05, 3.63) is 40.9 Å². The maximum absolute atomic E-state index is 5.69. The van der Waals surface area contributed by atoms with Crippen LogP contribution >= 0.6 is 11.3 Å². The van der Waals surface area contributed by atoms with Crippen LogP contribution in [0.5, 0.6) is 0 Å². The molecular weight excluding hydrogens is 280 g/mol. The number of nitrogens with two attached hydrogens (primary N) is 1. The predicted molar refractivity (Wildman–Crippen MR) is 89.4 cm³/mol. The summed E-state index contributed by atoms with van der Waals surface area (Å²) < 4.78 is 5.69. The molecule has 1 aromatic carbocycles. The van der Waals surface area contributed by atoms with Gasteiger partial charge >= 0.3 is 0 Å². The molecule has 2 rings (SSSR count). The third-order valence-electron chi connectivity index (χ3n) is 3.26. The second-order valence-corrected chi connectivity index (χ2v) is 6.47. The van der Waals surface area contributed by atoms with E-state index in [0.29, 0.717) is 19.1 Å². The number of benzene rings is 1. The van der Waals surface area contributed by atoms with Gasteiger partial charge in [-0.05, 0) is 24.4 Å². The van der Waals surface area contributed by atoms with Gasteiger partial charge in [-0.3, -0.25) is 0 Å². The van der Waals surface area contributed by atoms with Gasteiger partial charge in [0, 0.05) is 24.0 Å². The highest BCUT2D eigenvalue weighted by Crippen LogP contribution is 2.24. The zero-order valence-corrected chi connectivity index (χ0v) is 13.7. The summed E-state index contributed by atoms with van der Waals surface area (Å²) in [6.07, 6.45) is 1.96. The number of aromatic nitrogens is 1. The zero-order chi connectivity index (χ0) is 15.1. The Morgan fingerprint density at radius 3 is 2.67 bits per heavy atom. The summed E-state index contributed by atoms with van der Waals surface area (Å²) in [5.41, 5.74) is 9.01. The first-order valence-electron chi connectivity index (χ1n) is 7.50. The van der Waals surface area contributed by atoms with E-state index in [1.165, 1.54) is 5.56 Å². The number of rotatable bonds is 8. The molecule has 4 heteroatoms. The van der Waals surface area contributed by atoms with Crippen LogP contribution in [0, 0.1) is 5.92 Å². The van der Waals surface area contributed by atoms with E-state index in [4.69, 9.17) is 10.5 Å². The lowest BCUT2D eigenvalue weighted by molar-refractivity contribution is 0.110. The van der Waals surface area contributed by atoms with Crippen LogP contribution in [0.3, 0.4) is 0 Å². The lowest BCUT2D eigenvalue weighted by Crippen LogP contribution is -2.02. The molecule has 0 aliphatic heterocycles. The van der Waals surface area contributed by atoms with Gasteiger partial charge in [-0.15, -0.1) is 11.3 Å². The minimum Gasteiger partial charge on any atom is -0.377 e. The summed E-state index contributed by atoms with van der Waals surface area (Å²) in [5.74, 6) is 0.694. The Hall–Kier alpha value is -1.23. The summed E-state index contributed by atoms with van der Waals surface area (Å²) in [6.45, 7) is 6.59. The van der Waals surface area contributed by atoms with Gasteiger partial charge in [0.15, 0.2) is 0 Å². The van der Waals surface area contributed by atoms with E-state index < -0.39 is 0 Å². The van der Waals surface area contributed by atoms with E-state index in [9.17, 15) is 0 Å². The molecule has 2 aromatic rings. The third kappa shape index (κ3) is 5.23. The van der Waals surface area contributed by atoms with E-state index in [2.05, 4.69) is 48.5 Å². The van der Waals surface area contributed by atoms with Crippen molar-refractivity contribution in [3.63, 3.8) is 0 Å².